The topological polar surface area (TPSA) is 38.7 Å². The van der Waals surface area contributed by atoms with Gasteiger partial charge in [-0.1, -0.05) is 65.8 Å². The molecule has 0 aromatic heterocycles. The molecule has 4 heteroatoms. The minimum absolute atomic E-state index is 0.0342. The number of alkyl halides is 1. The van der Waals surface area contributed by atoms with Gasteiger partial charge in [0.1, 0.15) is 5.71 Å². The Labute approximate surface area is 115 Å². The first-order valence-electron chi connectivity index (χ1n) is 6.28. The molecule has 0 amide bonds. The molecule has 0 spiro atoms. The molecule has 1 heterocycles. The van der Waals surface area contributed by atoms with Crippen LogP contribution in [-0.4, -0.2) is 17.3 Å². The van der Waals surface area contributed by atoms with E-state index in [9.17, 15) is 4.79 Å². The van der Waals surface area contributed by atoms with Crippen LogP contribution >= 0.6 is 0 Å². The summed E-state index contributed by atoms with van der Waals surface area (Å²) in [6.07, 6.45) is -0.0829. The van der Waals surface area contributed by atoms with Gasteiger partial charge in [-0.15, -0.1) is 0 Å². The normalized spacial score (nSPS) is 21.4. The van der Waals surface area contributed by atoms with Gasteiger partial charge in [-0.05, 0) is 5.56 Å². The van der Waals surface area contributed by atoms with E-state index < -0.39 is 11.6 Å². The molecule has 0 saturated carbocycles. The predicted octanol–water partition coefficient (Wildman–Crippen LogP) is 2.90. The molecule has 1 aliphatic rings. The molecule has 2 aromatic rings. The van der Waals surface area contributed by atoms with E-state index in [1.165, 1.54) is 0 Å². The largest absolute Gasteiger partial charge is 0.378 e. The Kier molecular flexibility index (Phi) is 3.06. The van der Waals surface area contributed by atoms with E-state index in [0.29, 0.717) is 5.56 Å². The Bertz CT molecular complexity index is 655. The molecule has 0 aliphatic carbocycles. The summed E-state index contributed by atoms with van der Waals surface area (Å²) in [7, 11) is 0. The first-order valence-corrected chi connectivity index (χ1v) is 6.28. The number of hydrogen-bond acceptors (Lipinski definition) is 3. The molecule has 0 fully saturated rings. The molecule has 0 unspecified atom stereocenters. The smallest absolute Gasteiger partial charge is 0.314 e. The standard InChI is InChI=1S/C16H12FNO2/c17-16(11-12-7-3-1-4-8-12)14(18-20-15(16)19)13-9-5-2-6-10-13/h1-10H,11H2/t16-/m1/s1. The maximum absolute atomic E-state index is 15.1. The van der Waals surface area contributed by atoms with Crippen molar-refractivity contribution in [2.45, 2.75) is 12.1 Å². The zero-order valence-electron chi connectivity index (χ0n) is 10.6. The van der Waals surface area contributed by atoms with Gasteiger partial charge in [0.2, 0.25) is 0 Å². The number of oxime groups is 1. The molecule has 0 bridgehead atoms. The average Bonchev–Trinajstić information content (AvgIpc) is 2.77. The Morgan fingerprint density at radius 1 is 1.00 bits per heavy atom. The van der Waals surface area contributed by atoms with Crippen molar-refractivity contribution < 1.29 is 14.0 Å². The number of nitrogens with zero attached hydrogens (tertiary/aromatic N) is 1. The summed E-state index contributed by atoms with van der Waals surface area (Å²) in [4.78, 5) is 16.4. The highest BCUT2D eigenvalue weighted by atomic mass is 19.1. The number of benzene rings is 2. The van der Waals surface area contributed by atoms with Crippen LogP contribution in [0.25, 0.3) is 0 Å². The van der Waals surface area contributed by atoms with Crippen LogP contribution in [0.15, 0.2) is 65.8 Å². The minimum atomic E-state index is -2.23. The van der Waals surface area contributed by atoms with Gasteiger partial charge in [0.15, 0.2) is 0 Å². The van der Waals surface area contributed by atoms with E-state index in [2.05, 4.69) is 9.99 Å². The second kappa shape index (κ2) is 4.89. The van der Waals surface area contributed by atoms with Crippen molar-refractivity contribution in [1.82, 2.24) is 0 Å². The van der Waals surface area contributed by atoms with Crippen LogP contribution in [-0.2, 0) is 16.1 Å². The van der Waals surface area contributed by atoms with Gasteiger partial charge in [-0.3, -0.25) is 0 Å². The second-order valence-corrected chi connectivity index (χ2v) is 4.65. The summed E-state index contributed by atoms with van der Waals surface area (Å²) < 4.78 is 15.1. The zero-order chi connectivity index (χ0) is 14.0. The molecular weight excluding hydrogens is 257 g/mol. The van der Waals surface area contributed by atoms with Gasteiger partial charge in [0, 0.05) is 12.0 Å². The Morgan fingerprint density at radius 2 is 1.60 bits per heavy atom. The number of carbonyl (C=O) groups excluding carboxylic acids is 1. The van der Waals surface area contributed by atoms with Crippen LogP contribution in [0.4, 0.5) is 4.39 Å². The van der Waals surface area contributed by atoms with Crippen molar-refractivity contribution in [1.29, 1.82) is 0 Å². The highest BCUT2D eigenvalue weighted by Gasteiger charge is 2.51. The Morgan fingerprint density at radius 3 is 2.25 bits per heavy atom. The maximum Gasteiger partial charge on any atom is 0.378 e. The lowest BCUT2D eigenvalue weighted by atomic mass is 9.88. The van der Waals surface area contributed by atoms with E-state index in [4.69, 9.17) is 0 Å². The molecule has 100 valence electrons. The van der Waals surface area contributed by atoms with Gasteiger partial charge >= 0.3 is 5.97 Å². The first kappa shape index (κ1) is 12.5. The van der Waals surface area contributed by atoms with Crippen LogP contribution in [0.1, 0.15) is 11.1 Å². The molecule has 1 atom stereocenters. The van der Waals surface area contributed by atoms with E-state index in [1.807, 2.05) is 12.1 Å². The van der Waals surface area contributed by atoms with Crippen molar-refractivity contribution >= 4 is 11.7 Å². The van der Waals surface area contributed by atoms with Gasteiger partial charge in [-0.2, -0.15) is 0 Å². The number of halogens is 1. The van der Waals surface area contributed by atoms with Crippen LogP contribution in [0.5, 0.6) is 0 Å². The number of rotatable bonds is 3. The van der Waals surface area contributed by atoms with E-state index >= 15 is 4.39 Å². The lowest BCUT2D eigenvalue weighted by Crippen LogP contribution is -2.41. The molecular formula is C16H12FNO2. The fraction of sp³-hybridized carbons (Fsp3) is 0.125. The summed E-state index contributed by atoms with van der Waals surface area (Å²) in [5.41, 5.74) is -0.927. The summed E-state index contributed by atoms with van der Waals surface area (Å²) in [5, 5.41) is 3.63. The average molecular weight is 269 g/mol. The Hall–Kier alpha value is -2.49. The molecule has 0 radical (unpaired) electrons. The van der Waals surface area contributed by atoms with Gasteiger partial charge in [0.25, 0.3) is 5.67 Å². The van der Waals surface area contributed by atoms with E-state index in [0.717, 1.165) is 5.56 Å². The van der Waals surface area contributed by atoms with Gasteiger partial charge in [-0.25, -0.2) is 9.18 Å². The first-order chi connectivity index (χ1) is 9.70. The highest BCUT2D eigenvalue weighted by molar-refractivity contribution is 6.20. The summed E-state index contributed by atoms with van der Waals surface area (Å²) in [6, 6.07) is 17.8. The zero-order valence-corrected chi connectivity index (χ0v) is 10.6. The van der Waals surface area contributed by atoms with Crippen LogP contribution in [0.2, 0.25) is 0 Å². The highest BCUT2D eigenvalue weighted by Crippen LogP contribution is 2.30. The lowest BCUT2D eigenvalue weighted by Gasteiger charge is -2.17. The van der Waals surface area contributed by atoms with Crippen molar-refractivity contribution in [3.63, 3.8) is 0 Å². The predicted molar refractivity (Wildman–Crippen MR) is 73.1 cm³/mol. The molecule has 1 aliphatic heterocycles. The summed E-state index contributed by atoms with van der Waals surface area (Å²) in [6.45, 7) is 0. The SMILES string of the molecule is O=C1ON=C(c2ccccc2)[C@]1(F)Cc1ccccc1. The maximum atomic E-state index is 15.1. The molecule has 2 aromatic carbocycles. The van der Waals surface area contributed by atoms with Crippen molar-refractivity contribution in [3.05, 3.63) is 71.8 Å². The third kappa shape index (κ3) is 2.09. The molecule has 0 N–H and O–H groups in total. The Balaban J connectivity index is 1.97. The second-order valence-electron chi connectivity index (χ2n) is 4.65. The summed E-state index contributed by atoms with van der Waals surface area (Å²) in [5.74, 6) is -0.958. The molecule has 3 rings (SSSR count). The van der Waals surface area contributed by atoms with E-state index in [1.54, 1.807) is 48.5 Å². The lowest BCUT2D eigenvalue weighted by molar-refractivity contribution is -0.149. The van der Waals surface area contributed by atoms with Gasteiger partial charge in [0.05, 0.1) is 0 Å². The molecule has 3 nitrogen and oxygen atoms in total. The third-order valence-electron chi connectivity index (χ3n) is 3.26. The van der Waals surface area contributed by atoms with Crippen LogP contribution in [0.3, 0.4) is 0 Å². The third-order valence-corrected chi connectivity index (χ3v) is 3.26. The fourth-order valence-electron chi connectivity index (χ4n) is 2.24. The van der Waals surface area contributed by atoms with E-state index in [-0.39, 0.29) is 12.1 Å². The minimum Gasteiger partial charge on any atom is -0.314 e. The van der Waals surface area contributed by atoms with Crippen molar-refractivity contribution in [2.75, 3.05) is 0 Å². The quantitative estimate of drug-likeness (QED) is 0.804. The monoisotopic (exact) mass is 269 g/mol. The van der Waals surface area contributed by atoms with Crippen LogP contribution in [0, 0.1) is 0 Å². The summed E-state index contributed by atoms with van der Waals surface area (Å²) >= 11 is 0. The fourth-order valence-corrected chi connectivity index (χ4v) is 2.24. The molecule has 0 saturated heterocycles. The van der Waals surface area contributed by atoms with Crippen molar-refractivity contribution in [3.8, 4) is 0 Å². The van der Waals surface area contributed by atoms with Crippen molar-refractivity contribution in [2.24, 2.45) is 5.16 Å². The number of hydrogen-bond donors (Lipinski definition) is 0. The van der Waals surface area contributed by atoms with Gasteiger partial charge < -0.3 is 4.84 Å². The number of carbonyl (C=O) groups is 1. The molecule has 20 heavy (non-hydrogen) atoms. The van der Waals surface area contributed by atoms with Crippen LogP contribution < -0.4 is 0 Å².